The Morgan fingerprint density at radius 2 is 1.14 bits per heavy atom. The number of amides is 4. The van der Waals surface area contributed by atoms with E-state index in [-0.39, 0.29) is 12.1 Å². The molecule has 0 atom stereocenters. The topological polar surface area (TPSA) is 108 Å². The highest BCUT2D eigenvalue weighted by Crippen LogP contribution is 2.17. The smallest absolute Gasteiger partial charge is 0.308 e. The van der Waals surface area contributed by atoms with E-state index in [1.807, 2.05) is 74.5 Å². The number of aromatic nitrogens is 2. The number of anilines is 4. The van der Waals surface area contributed by atoms with Gasteiger partial charge in [-0.2, -0.15) is 0 Å². The quantitative estimate of drug-likeness (QED) is 0.281. The molecule has 35 heavy (non-hydrogen) atoms. The molecule has 8 nitrogen and oxygen atoms in total. The number of hydrogen-bond acceptors (Lipinski definition) is 4. The minimum absolute atomic E-state index is 0.325. The Balaban J connectivity index is 1.26. The molecule has 8 heteroatoms. The fraction of sp³-hybridized carbons (Fsp3) is 0.111. The Morgan fingerprint density at radius 3 is 1.66 bits per heavy atom. The van der Waals surface area contributed by atoms with Gasteiger partial charge in [-0.15, -0.1) is 0 Å². The highest BCUT2D eigenvalue weighted by molar-refractivity contribution is 6.00. The van der Waals surface area contributed by atoms with E-state index in [0.717, 1.165) is 28.8 Å². The van der Waals surface area contributed by atoms with Crippen LogP contribution in [0.15, 0.2) is 85.2 Å². The summed E-state index contributed by atoms with van der Waals surface area (Å²) in [5.41, 5.74) is 6.13. The molecule has 4 N–H and O–H groups in total. The van der Waals surface area contributed by atoms with Crippen molar-refractivity contribution in [2.45, 2.75) is 20.3 Å². The van der Waals surface area contributed by atoms with E-state index in [1.54, 1.807) is 24.5 Å². The molecule has 0 fully saturated rings. The van der Waals surface area contributed by atoms with E-state index in [9.17, 15) is 9.59 Å². The maximum Gasteiger partial charge on any atom is 0.324 e. The third-order valence-electron chi connectivity index (χ3n) is 5.15. The van der Waals surface area contributed by atoms with Crippen LogP contribution in [0.1, 0.15) is 22.4 Å². The van der Waals surface area contributed by atoms with E-state index in [1.165, 1.54) is 0 Å². The summed E-state index contributed by atoms with van der Waals surface area (Å²) in [6.07, 6.45) is 4.04. The van der Waals surface area contributed by atoms with Crippen LogP contribution in [0.25, 0.3) is 0 Å². The van der Waals surface area contributed by atoms with Gasteiger partial charge in [0.25, 0.3) is 0 Å². The third kappa shape index (κ3) is 7.13. The first-order chi connectivity index (χ1) is 16.9. The maximum atomic E-state index is 12.2. The van der Waals surface area contributed by atoms with Crippen LogP contribution in [0.5, 0.6) is 0 Å². The van der Waals surface area contributed by atoms with Crippen molar-refractivity contribution in [1.82, 2.24) is 9.97 Å². The lowest BCUT2D eigenvalue weighted by molar-refractivity contribution is 0.261. The first-order valence-corrected chi connectivity index (χ1v) is 11.1. The predicted octanol–water partition coefficient (Wildman–Crippen LogP) is 5.97. The number of rotatable bonds is 6. The SMILES string of the molecule is Cc1ccc(NC(=O)Nc2ccc(Cc3ccc(NC(=O)Nc4ccc(C)nc4)cc3)cc2)nc1. The van der Waals surface area contributed by atoms with Crippen molar-refractivity contribution in [2.75, 3.05) is 21.3 Å². The molecule has 176 valence electrons. The zero-order valence-corrected chi connectivity index (χ0v) is 19.5. The second-order valence-electron chi connectivity index (χ2n) is 8.14. The monoisotopic (exact) mass is 466 g/mol. The summed E-state index contributed by atoms with van der Waals surface area (Å²) >= 11 is 0. The molecule has 0 unspecified atom stereocenters. The van der Waals surface area contributed by atoms with Gasteiger partial charge in [0.05, 0.1) is 11.9 Å². The van der Waals surface area contributed by atoms with Gasteiger partial charge in [-0.3, -0.25) is 10.3 Å². The van der Waals surface area contributed by atoms with E-state index < -0.39 is 0 Å². The van der Waals surface area contributed by atoms with Crippen molar-refractivity contribution < 1.29 is 9.59 Å². The van der Waals surface area contributed by atoms with Gasteiger partial charge >= 0.3 is 12.1 Å². The highest BCUT2D eigenvalue weighted by atomic mass is 16.2. The summed E-state index contributed by atoms with van der Waals surface area (Å²) in [6, 6.07) is 21.9. The zero-order chi connectivity index (χ0) is 24.6. The van der Waals surface area contributed by atoms with Crippen LogP contribution in [0.4, 0.5) is 32.5 Å². The molecular weight excluding hydrogens is 440 g/mol. The molecule has 2 aromatic carbocycles. The lowest BCUT2D eigenvalue weighted by Crippen LogP contribution is -2.20. The van der Waals surface area contributed by atoms with Crippen molar-refractivity contribution in [2.24, 2.45) is 0 Å². The van der Waals surface area contributed by atoms with Crippen LogP contribution in [-0.2, 0) is 6.42 Å². The second-order valence-corrected chi connectivity index (χ2v) is 8.14. The van der Waals surface area contributed by atoms with Crippen LogP contribution in [0, 0.1) is 13.8 Å². The highest BCUT2D eigenvalue weighted by Gasteiger charge is 2.06. The van der Waals surface area contributed by atoms with Crippen molar-refractivity contribution in [3.63, 3.8) is 0 Å². The van der Waals surface area contributed by atoms with Crippen LogP contribution < -0.4 is 21.3 Å². The van der Waals surface area contributed by atoms with Crippen LogP contribution in [-0.4, -0.2) is 22.0 Å². The molecule has 4 rings (SSSR count). The van der Waals surface area contributed by atoms with Gasteiger partial charge in [0.2, 0.25) is 0 Å². The average Bonchev–Trinajstić information content (AvgIpc) is 2.84. The molecule has 4 aromatic rings. The molecule has 0 saturated heterocycles. The summed E-state index contributed by atoms with van der Waals surface area (Å²) in [5, 5.41) is 11.1. The molecule has 2 heterocycles. The van der Waals surface area contributed by atoms with Crippen LogP contribution in [0.3, 0.4) is 0 Å². The number of nitrogens with zero attached hydrogens (tertiary/aromatic N) is 2. The number of pyridine rings is 2. The Bertz CT molecular complexity index is 1180. The fourth-order valence-electron chi connectivity index (χ4n) is 3.30. The summed E-state index contributed by atoms with van der Waals surface area (Å²) in [7, 11) is 0. The molecule has 4 amide bonds. The minimum Gasteiger partial charge on any atom is -0.308 e. The number of aryl methyl sites for hydroxylation is 2. The van der Waals surface area contributed by atoms with E-state index in [4.69, 9.17) is 0 Å². The number of carbonyl (C=O) groups is 2. The van der Waals surface area contributed by atoms with Gasteiger partial charge in [0.15, 0.2) is 0 Å². The lowest BCUT2D eigenvalue weighted by atomic mass is 10.0. The van der Waals surface area contributed by atoms with Crippen LogP contribution in [0.2, 0.25) is 0 Å². The standard InChI is InChI=1S/C27H26N6O2/c1-18-3-14-25(29-16-18)33-27(35)31-23-12-7-21(8-13-23)15-20-5-10-22(11-6-20)30-26(34)32-24-9-4-19(2)28-17-24/h3-14,16-17H,15H2,1-2H3,(H2,30,32,34)(H2,29,31,33,35). The van der Waals surface area contributed by atoms with Crippen LogP contribution >= 0.6 is 0 Å². The summed E-state index contributed by atoms with van der Waals surface area (Å²) in [5.74, 6) is 0.493. The van der Waals surface area contributed by atoms with E-state index in [2.05, 4.69) is 31.2 Å². The zero-order valence-electron chi connectivity index (χ0n) is 19.5. The molecule has 0 aliphatic carbocycles. The van der Waals surface area contributed by atoms with Crippen molar-refractivity contribution in [3.05, 3.63) is 108 Å². The average molecular weight is 467 g/mol. The number of urea groups is 2. The van der Waals surface area contributed by atoms with Gasteiger partial charge < -0.3 is 16.0 Å². The fourth-order valence-corrected chi connectivity index (χ4v) is 3.30. The first kappa shape index (κ1) is 23.4. The molecule has 0 aliphatic rings. The third-order valence-corrected chi connectivity index (χ3v) is 5.15. The molecule has 0 spiro atoms. The number of carbonyl (C=O) groups excluding carboxylic acids is 2. The van der Waals surface area contributed by atoms with Crippen molar-refractivity contribution in [3.8, 4) is 0 Å². The maximum absolute atomic E-state index is 12.2. The molecule has 2 aromatic heterocycles. The predicted molar refractivity (Wildman–Crippen MR) is 139 cm³/mol. The Labute approximate surface area is 203 Å². The molecule has 0 aliphatic heterocycles. The van der Waals surface area contributed by atoms with Gasteiger partial charge in [-0.25, -0.2) is 14.6 Å². The summed E-state index contributed by atoms with van der Waals surface area (Å²) in [6.45, 7) is 3.83. The van der Waals surface area contributed by atoms with Crippen molar-refractivity contribution >= 4 is 34.9 Å². The second kappa shape index (κ2) is 10.9. The largest absolute Gasteiger partial charge is 0.324 e. The Kier molecular flexibility index (Phi) is 7.32. The molecule has 0 saturated carbocycles. The summed E-state index contributed by atoms with van der Waals surface area (Å²) < 4.78 is 0. The molecule has 0 bridgehead atoms. The lowest BCUT2D eigenvalue weighted by Gasteiger charge is -2.10. The van der Waals surface area contributed by atoms with E-state index in [0.29, 0.717) is 22.9 Å². The molecule has 0 radical (unpaired) electrons. The Hall–Kier alpha value is -4.72. The Morgan fingerprint density at radius 1 is 0.600 bits per heavy atom. The van der Waals surface area contributed by atoms with Gasteiger partial charge in [-0.05, 0) is 79.4 Å². The number of hydrogen-bond donors (Lipinski definition) is 4. The minimum atomic E-state index is -0.347. The van der Waals surface area contributed by atoms with Gasteiger partial charge in [-0.1, -0.05) is 30.3 Å². The normalized spacial score (nSPS) is 10.3. The first-order valence-electron chi connectivity index (χ1n) is 11.1. The number of benzene rings is 2. The van der Waals surface area contributed by atoms with Gasteiger partial charge in [0.1, 0.15) is 5.82 Å². The summed E-state index contributed by atoms with van der Waals surface area (Å²) in [4.78, 5) is 32.7. The van der Waals surface area contributed by atoms with Crippen molar-refractivity contribution in [1.29, 1.82) is 0 Å². The van der Waals surface area contributed by atoms with Gasteiger partial charge in [0, 0.05) is 23.3 Å². The molecular formula is C27H26N6O2. The number of nitrogens with one attached hydrogen (secondary N) is 4. The van der Waals surface area contributed by atoms with E-state index >= 15 is 0 Å².